The van der Waals surface area contributed by atoms with Crippen LogP contribution in [0, 0.1) is 17.0 Å². The highest BCUT2D eigenvalue weighted by molar-refractivity contribution is 7.89. The third-order valence-electron chi connectivity index (χ3n) is 5.74. The van der Waals surface area contributed by atoms with Crippen molar-refractivity contribution < 1.29 is 18.1 Å². The summed E-state index contributed by atoms with van der Waals surface area (Å²) in [6.07, 6.45) is 0. The van der Waals surface area contributed by atoms with Gasteiger partial charge in [0.05, 0.1) is 9.82 Å². The smallest absolute Gasteiger partial charge is 0.292 e. The van der Waals surface area contributed by atoms with E-state index in [2.05, 4.69) is 0 Å². The molecule has 0 atom stereocenters. The third kappa shape index (κ3) is 4.61. The van der Waals surface area contributed by atoms with Crippen LogP contribution >= 0.6 is 0 Å². The van der Waals surface area contributed by atoms with Crippen molar-refractivity contribution in [1.29, 1.82) is 0 Å². The lowest BCUT2D eigenvalue weighted by Gasteiger charge is -2.36. The Morgan fingerprint density at radius 2 is 1.69 bits per heavy atom. The number of nitro groups is 1. The maximum absolute atomic E-state index is 13.1. The highest BCUT2D eigenvalue weighted by Gasteiger charge is 2.28. The number of hydrogen-bond acceptors (Lipinski definition) is 6. The number of carbonyl (C=O) groups is 1. The molecule has 0 aromatic heterocycles. The van der Waals surface area contributed by atoms with Crippen LogP contribution in [0.5, 0.6) is 0 Å². The first-order valence-electron chi connectivity index (χ1n) is 10.6. The summed E-state index contributed by atoms with van der Waals surface area (Å²) in [5.41, 5.74) is 1.49. The van der Waals surface area contributed by atoms with Crippen molar-refractivity contribution in [3.63, 3.8) is 0 Å². The molecule has 1 aliphatic heterocycles. The van der Waals surface area contributed by atoms with Crippen LogP contribution in [0.15, 0.2) is 47.4 Å². The van der Waals surface area contributed by atoms with Gasteiger partial charge in [0.1, 0.15) is 5.69 Å². The van der Waals surface area contributed by atoms with Crippen LogP contribution in [0.25, 0.3) is 0 Å². The number of para-hydroxylation sites is 2. The average Bonchev–Trinajstić information content (AvgIpc) is 2.79. The molecule has 1 saturated heterocycles. The molecule has 0 N–H and O–H groups in total. The van der Waals surface area contributed by atoms with E-state index in [0.29, 0.717) is 56.1 Å². The molecule has 2 aromatic rings. The van der Waals surface area contributed by atoms with Crippen molar-refractivity contribution in [2.24, 2.45) is 0 Å². The summed E-state index contributed by atoms with van der Waals surface area (Å²) in [4.78, 5) is 27.7. The number of amides is 1. The minimum absolute atomic E-state index is 0.0389. The van der Waals surface area contributed by atoms with Gasteiger partial charge >= 0.3 is 0 Å². The lowest BCUT2D eigenvalue weighted by molar-refractivity contribution is -0.384. The van der Waals surface area contributed by atoms with E-state index in [-0.39, 0.29) is 16.5 Å². The molecule has 0 aliphatic carbocycles. The standard InChI is InChI=1S/C22H28N4O5S/c1-4-25(5-2)32(30,31)21-16-18(11-10-17(21)3)22(27)24-14-12-23(13-15-24)19-8-6-7-9-20(19)26(28)29/h6-11,16H,4-5,12-15H2,1-3H3. The van der Waals surface area contributed by atoms with E-state index in [0.717, 1.165) is 0 Å². The van der Waals surface area contributed by atoms with Gasteiger partial charge in [-0.1, -0.05) is 32.0 Å². The van der Waals surface area contributed by atoms with E-state index < -0.39 is 14.9 Å². The topological polar surface area (TPSA) is 104 Å². The molecule has 1 heterocycles. The van der Waals surface area contributed by atoms with Crippen LogP contribution < -0.4 is 4.90 Å². The lowest BCUT2D eigenvalue weighted by atomic mass is 10.1. The maximum atomic E-state index is 13.1. The molecule has 10 heteroatoms. The SMILES string of the molecule is CCN(CC)S(=O)(=O)c1cc(C(=O)N2CCN(c3ccccc3[N+](=O)[O-])CC2)ccc1C. The minimum Gasteiger partial charge on any atom is -0.362 e. The molecule has 172 valence electrons. The summed E-state index contributed by atoms with van der Waals surface area (Å²) in [5, 5.41) is 11.3. The van der Waals surface area contributed by atoms with Gasteiger partial charge in [0.15, 0.2) is 0 Å². The van der Waals surface area contributed by atoms with Crippen LogP contribution in [0.2, 0.25) is 0 Å². The highest BCUT2D eigenvalue weighted by atomic mass is 32.2. The molecule has 1 aliphatic rings. The van der Waals surface area contributed by atoms with E-state index in [1.807, 2.05) is 4.90 Å². The van der Waals surface area contributed by atoms with Gasteiger partial charge in [-0.3, -0.25) is 14.9 Å². The largest absolute Gasteiger partial charge is 0.362 e. The zero-order valence-corrected chi connectivity index (χ0v) is 19.3. The number of anilines is 1. The second-order valence-electron chi connectivity index (χ2n) is 7.59. The molecule has 0 bridgehead atoms. The Bertz CT molecular complexity index is 1110. The van der Waals surface area contributed by atoms with Crippen LogP contribution in [0.1, 0.15) is 29.8 Å². The van der Waals surface area contributed by atoms with E-state index in [1.165, 1.54) is 16.4 Å². The zero-order valence-electron chi connectivity index (χ0n) is 18.5. The Hall–Kier alpha value is -2.98. The van der Waals surface area contributed by atoms with Crippen molar-refractivity contribution in [2.45, 2.75) is 25.7 Å². The number of rotatable bonds is 7. The van der Waals surface area contributed by atoms with Gasteiger partial charge in [-0.2, -0.15) is 4.31 Å². The molecule has 32 heavy (non-hydrogen) atoms. The molecule has 0 radical (unpaired) electrons. The molecule has 2 aromatic carbocycles. The fourth-order valence-electron chi connectivity index (χ4n) is 3.93. The quantitative estimate of drug-likeness (QED) is 0.465. The molecule has 9 nitrogen and oxygen atoms in total. The summed E-state index contributed by atoms with van der Waals surface area (Å²) >= 11 is 0. The van der Waals surface area contributed by atoms with Gasteiger partial charge in [0.25, 0.3) is 11.6 Å². The average molecular weight is 461 g/mol. The first-order valence-corrected chi connectivity index (χ1v) is 12.0. The number of benzene rings is 2. The van der Waals surface area contributed by atoms with Crippen molar-refractivity contribution in [3.8, 4) is 0 Å². The molecule has 1 fully saturated rings. The number of aryl methyl sites for hydroxylation is 1. The number of hydrogen-bond donors (Lipinski definition) is 0. The van der Waals surface area contributed by atoms with Crippen molar-refractivity contribution in [2.75, 3.05) is 44.2 Å². The summed E-state index contributed by atoms with van der Waals surface area (Å²) in [5.74, 6) is -0.247. The third-order valence-corrected chi connectivity index (χ3v) is 7.94. The van der Waals surface area contributed by atoms with Gasteiger partial charge < -0.3 is 9.80 Å². The van der Waals surface area contributed by atoms with E-state index in [4.69, 9.17) is 0 Å². The molecule has 1 amide bonds. The zero-order chi connectivity index (χ0) is 23.5. The molecular weight excluding hydrogens is 432 g/mol. The summed E-state index contributed by atoms with van der Waals surface area (Å²) < 4.78 is 27.4. The number of piperazine rings is 1. The lowest BCUT2D eigenvalue weighted by Crippen LogP contribution is -2.49. The van der Waals surface area contributed by atoms with Crippen LogP contribution in [0.3, 0.4) is 0 Å². The normalized spacial score (nSPS) is 14.6. The molecule has 0 saturated carbocycles. The van der Waals surface area contributed by atoms with Gasteiger partial charge in [0.2, 0.25) is 10.0 Å². The van der Waals surface area contributed by atoms with Crippen LogP contribution in [-0.4, -0.2) is 67.7 Å². The van der Waals surface area contributed by atoms with Gasteiger partial charge in [0, 0.05) is 50.9 Å². The predicted octanol–water partition coefficient (Wildman–Crippen LogP) is 2.90. The Balaban J connectivity index is 1.78. The highest BCUT2D eigenvalue weighted by Crippen LogP contribution is 2.29. The van der Waals surface area contributed by atoms with Gasteiger partial charge in [-0.15, -0.1) is 0 Å². The number of nitrogens with zero attached hydrogens (tertiary/aromatic N) is 4. The summed E-state index contributed by atoms with van der Waals surface area (Å²) in [6, 6.07) is 11.3. The van der Waals surface area contributed by atoms with Crippen molar-refractivity contribution >= 4 is 27.3 Å². The Kier molecular flexibility index (Phi) is 7.15. The monoisotopic (exact) mass is 460 g/mol. The minimum atomic E-state index is -3.69. The molecule has 0 unspecified atom stereocenters. The van der Waals surface area contributed by atoms with Gasteiger partial charge in [-0.25, -0.2) is 8.42 Å². The molecule has 3 rings (SSSR count). The number of nitro benzene ring substituents is 1. The molecule has 0 spiro atoms. The van der Waals surface area contributed by atoms with E-state index in [1.54, 1.807) is 56.0 Å². The maximum Gasteiger partial charge on any atom is 0.292 e. The van der Waals surface area contributed by atoms with Gasteiger partial charge in [-0.05, 0) is 30.7 Å². The fourth-order valence-corrected chi connectivity index (χ4v) is 5.64. The Morgan fingerprint density at radius 3 is 2.28 bits per heavy atom. The Labute approximate surface area is 188 Å². The fraction of sp³-hybridized carbons (Fsp3) is 0.409. The van der Waals surface area contributed by atoms with Crippen molar-refractivity contribution in [3.05, 3.63) is 63.7 Å². The van der Waals surface area contributed by atoms with Crippen LogP contribution in [-0.2, 0) is 10.0 Å². The summed E-state index contributed by atoms with van der Waals surface area (Å²) in [6.45, 7) is 7.65. The van der Waals surface area contributed by atoms with Crippen molar-refractivity contribution in [1.82, 2.24) is 9.21 Å². The molecular formula is C22H28N4O5S. The second-order valence-corrected chi connectivity index (χ2v) is 9.50. The van der Waals surface area contributed by atoms with Crippen LogP contribution in [0.4, 0.5) is 11.4 Å². The first-order chi connectivity index (χ1) is 15.2. The predicted molar refractivity (Wildman–Crippen MR) is 122 cm³/mol. The first kappa shape index (κ1) is 23.7. The second kappa shape index (κ2) is 9.66. The van der Waals surface area contributed by atoms with E-state index >= 15 is 0 Å². The summed E-state index contributed by atoms with van der Waals surface area (Å²) in [7, 11) is -3.69. The van der Waals surface area contributed by atoms with E-state index in [9.17, 15) is 23.3 Å². The Morgan fingerprint density at radius 1 is 1.06 bits per heavy atom. The number of sulfonamides is 1. The number of carbonyl (C=O) groups excluding carboxylic acids is 1.